The second kappa shape index (κ2) is 6.40. The van der Waals surface area contributed by atoms with Crippen LogP contribution in [0.1, 0.15) is 25.7 Å². The van der Waals surface area contributed by atoms with Gasteiger partial charge in [0, 0.05) is 13.2 Å². The van der Waals surface area contributed by atoms with E-state index in [1.807, 2.05) is 18.2 Å². The molecule has 1 N–H and O–H groups in total. The lowest BCUT2D eigenvalue weighted by Crippen LogP contribution is -2.40. The number of methoxy groups -OCH3 is 1. The molecule has 18 heavy (non-hydrogen) atoms. The highest BCUT2D eigenvalue weighted by Gasteiger charge is 2.22. The molecular weight excluding hydrogens is 230 g/mol. The van der Waals surface area contributed by atoms with Gasteiger partial charge in [0.05, 0.1) is 6.10 Å². The van der Waals surface area contributed by atoms with E-state index in [1.54, 1.807) is 19.2 Å². The van der Waals surface area contributed by atoms with Crippen molar-refractivity contribution < 1.29 is 14.3 Å². The molecule has 0 radical (unpaired) electrons. The number of nitrogens with one attached hydrogen (secondary N) is 1. The van der Waals surface area contributed by atoms with Crippen LogP contribution in [0.25, 0.3) is 0 Å². The third-order valence-corrected chi connectivity index (χ3v) is 3.28. The number of hydrogen-bond acceptors (Lipinski definition) is 3. The molecule has 1 aromatic rings. The van der Waals surface area contributed by atoms with Crippen LogP contribution in [0.15, 0.2) is 30.3 Å². The van der Waals surface area contributed by atoms with Crippen LogP contribution in [0.2, 0.25) is 0 Å². The zero-order valence-electron chi connectivity index (χ0n) is 10.6. The van der Waals surface area contributed by atoms with Gasteiger partial charge in [-0.1, -0.05) is 18.2 Å². The summed E-state index contributed by atoms with van der Waals surface area (Å²) >= 11 is 0. The lowest BCUT2D eigenvalue weighted by Gasteiger charge is -2.27. The second-order valence-electron chi connectivity index (χ2n) is 4.56. The fourth-order valence-electron chi connectivity index (χ4n) is 2.23. The van der Waals surface area contributed by atoms with E-state index < -0.39 is 0 Å². The minimum absolute atomic E-state index is 0.201. The van der Waals surface area contributed by atoms with Crippen LogP contribution in [0.3, 0.4) is 0 Å². The molecule has 4 nitrogen and oxygen atoms in total. The molecule has 1 aliphatic carbocycles. The number of hydrogen-bond donors (Lipinski definition) is 1. The summed E-state index contributed by atoms with van der Waals surface area (Å²) in [7, 11) is 1.74. The van der Waals surface area contributed by atoms with Gasteiger partial charge in [-0.15, -0.1) is 0 Å². The third kappa shape index (κ3) is 3.74. The summed E-state index contributed by atoms with van der Waals surface area (Å²) < 4.78 is 10.5. The molecule has 0 atom stereocenters. The molecule has 0 unspecified atom stereocenters. The SMILES string of the molecule is COC1CCC(NC(=O)Oc2ccccc2)CC1. The highest BCUT2D eigenvalue weighted by atomic mass is 16.6. The van der Waals surface area contributed by atoms with E-state index in [4.69, 9.17) is 9.47 Å². The van der Waals surface area contributed by atoms with Gasteiger partial charge in [-0.05, 0) is 37.8 Å². The van der Waals surface area contributed by atoms with Gasteiger partial charge in [-0.25, -0.2) is 4.79 Å². The summed E-state index contributed by atoms with van der Waals surface area (Å²) in [6.07, 6.45) is 3.85. The Morgan fingerprint density at radius 2 is 1.83 bits per heavy atom. The minimum atomic E-state index is -0.373. The molecule has 98 valence electrons. The molecule has 0 aromatic heterocycles. The first-order valence-electron chi connectivity index (χ1n) is 6.34. The molecule has 0 bridgehead atoms. The molecule has 1 fully saturated rings. The number of carbonyl (C=O) groups is 1. The van der Waals surface area contributed by atoms with Crippen LogP contribution in [-0.2, 0) is 4.74 Å². The van der Waals surface area contributed by atoms with Crippen LogP contribution >= 0.6 is 0 Å². The van der Waals surface area contributed by atoms with E-state index in [1.165, 1.54) is 0 Å². The maximum absolute atomic E-state index is 11.7. The van der Waals surface area contributed by atoms with E-state index in [0.29, 0.717) is 11.9 Å². The first-order chi connectivity index (χ1) is 8.78. The number of amides is 1. The molecule has 1 saturated carbocycles. The molecule has 2 rings (SSSR count). The summed E-state index contributed by atoms with van der Waals surface area (Å²) in [5.41, 5.74) is 0. The lowest BCUT2D eigenvalue weighted by atomic mass is 9.93. The molecule has 1 aromatic carbocycles. The van der Waals surface area contributed by atoms with E-state index >= 15 is 0 Å². The first kappa shape index (κ1) is 12.9. The van der Waals surface area contributed by atoms with Crippen LogP contribution in [-0.4, -0.2) is 25.3 Å². The number of ether oxygens (including phenoxy) is 2. The number of benzene rings is 1. The maximum Gasteiger partial charge on any atom is 0.412 e. The third-order valence-electron chi connectivity index (χ3n) is 3.28. The predicted octanol–water partition coefficient (Wildman–Crippen LogP) is 2.73. The van der Waals surface area contributed by atoms with Crippen molar-refractivity contribution in [3.05, 3.63) is 30.3 Å². The molecule has 4 heteroatoms. The van der Waals surface area contributed by atoms with Gasteiger partial charge in [-0.3, -0.25) is 0 Å². The average molecular weight is 249 g/mol. The van der Waals surface area contributed by atoms with Crippen molar-refractivity contribution in [2.24, 2.45) is 0 Å². The zero-order valence-corrected chi connectivity index (χ0v) is 10.6. The Morgan fingerprint density at radius 3 is 2.44 bits per heavy atom. The van der Waals surface area contributed by atoms with Gasteiger partial charge in [0.25, 0.3) is 0 Å². The Kier molecular flexibility index (Phi) is 4.59. The molecule has 0 saturated heterocycles. The van der Waals surface area contributed by atoms with Crippen molar-refractivity contribution >= 4 is 6.09 Å². The van der Waals surface area contributed by atoms with Crippen molar-refractivity contribution in [1.82, 2.24) is 5.32 Å². The van der Waals surface area contributed by atoms with Gasteiger partial charge in [0.2, 0.25) is 0 Å². The Bertz CT molecular complexity index is 372. The van der Waals surface area contributed by atoms with Gasteiger partial charge >= 0.3 is 6.09 Å². The van der Waals surface area contributed by atoms with E-state index in [2.05, 4.69) is 5.32 Å². The smallest absolute Gasteiger partial charge is 0.410 e. The van der Waals surface area contributed by atoms with Gasteiger partial charge in [0.15, 0.2) is 0 Å². The topological polar surface area (TPSA) is 47.6 Å². The molecule has 1 amide bonds. The minimum Gasteiger partial charge on any atom is -0.410 e. The van der Waals surface area contributed by atoms with Crippen molar-refractivity contribution in [3.8, 4) is 5.75 Å². The second-order valence-corrected chi connectivity index (χ2v) is 4.56. The standard InChI is InChI=1S/C14H19NO3/c1-17-12-9-7-11(8-10-12)15-14(16)18-13-5-3-2-4-6-13/h2-6,11-12H,7-10H2,1H3,(H,15,16). The van der Waals surface area contributed by atoms with Crippen LogP contribution < -0.4 is 10.1 Å². The van der Waals surface area contributed by atoms with Crippen molar-refractivity contribution in [3.63, 3.8) is 0 Å². The normalized spacial score (nSPS) is 23.4. The predicted molar refractivity (Wildman–Crippen MR) is 68.7 cm³/mol. The molecular formula is C14H19NO3. The summed E-state index contributed by atoms with van der Waals surface area (Å²) in [5, 5.41) is 2.90. The molecule has 0 aliphatic heterocycles. The zero-order chi connectivity index (χ0) is 12.8. The monoisotopic (exact) mass is 249 g/mol. The van der Waals surface area contributed by atoms with Crippen molar-refractivity contribution in [2.75, 3.05) is 7.11 Å². The van der Waals surface area contributed by atoms with Gasteiger partial charge in [-0.2, -0.15) is 0 Å². The maximum atomic E-state index is 11.7. The van der Waals surface area contributed by atoms with Crippen LogP contribution in [0, 0.1) is 0 Å². The molecule has 1 aliphatic rings. The fraction of sp³-hybridized carbons (Fsp3) is 0.500. The van der Waals surface area contributed by atoms with Crippen molar-refractivity contribution in [1.29, 1.82) is 0 Å². The lowest BCUT2D eigenvalue weighted by molar-refractivity contribution is 0.0626. The summed E-state index contributed by atoms with van der Waals surface area (Å²) in [6, 6.07) is 9.30. The van der Waals surface area contributed by atoms with Crippen molar-refractivity contribution in [2.45, 2.75) is 37.8 Å². The largest absolute Gasteiger partial charge is 0.412 e. The summed E-state index contributed by atoms with van der Waals surface area (Å²) in [5.74, 6) is 0.570. The van der Waals surface area contributed by atoms with Crippen LogP contribution in [0.5, 0.6) is 5.75 Å². The molecule has 0 heterocycles. The van der Waals surface area contributed by atoms with E-state index in [0.717, 1.165) is 25.7 Å². The van der Waals surface area contributed by atoms with Crippen LogP contribution in [0.4, 0.5) is 4.79 Å². The Hall–Kier alpha value is -1.55. The quantitative estimate of drug-likeness (QED) is 0.896. The van der Waals surface area contributed by atoms with E-state index in [9.17, 15) is 4.79 Å². The highest BCUT2D eigenvalue weighted by molar-refractivity contribution is 5.70. The Labute approximate surface area is 107 Å². The molecule has 0 spiro atoms. The Balaban J connectivity index is 1.75. The van der Waals surface area contributed by atoms with Gasteiger partial charge in [0.1, 0.15) is 5.75 Å². The Morgan fingerprint density at radius 1 is 1.17 bits per heavy atom. The number of para-hydroxylation sites is 1. The average Bonchev–Trinajstić information content (AvgIpc) is 2.40. The van der Waals surface area contributed by atoms with E-state index in [-0.39, 0.29) is 12.1 Å². The number of carbonyl (C=O) groups excluding carboxylic acids is 1. The highest BCUT2D eigenvalue weighted by Crippen LogP contribution is 2.20. The fourth-order valence-corrected chi connectivity index (χ4v) is 2.23. The van der Waals surface area contributed by atoms with Gasteiger partial charge < -0.3 is 14.8 Å². The summed E-state index contributed by atoms with van der Waals surface area (Å²) in [6.45, 7) is 0. The number of rotatable bonds is 3. The summed E-state index contributed by atoms with van der Waals surface area (Å²) in [4.78, 5) is 11.7. The first-order valence-corrected chi connectivity index (χ1v) is 6.34.